The van der Waals surface area contributed by atoms with Gasteiger partial charge in [-0.05, 0) is 35.1 Å². The maximum atomic E-state index is 10.1. The third-order valence-corrected chi connectivity index (χ3v) is 6.12. The van der Waals surface area contributed by atoms with Crippen LogP contribution in [0.2, 0.25) is 0 Å². The molecule has 32 heavy (non-hydrogen) atoms. The molecule has 2 N–H and O–H groups in total. The zero-order valence-electron chi connectivity index (χ0n) is 18.1. The number of aliphatic hydroxyl groups excluding tert-OH is 1. The van der Waals surface area contributed by atoms with Gasteiger partial charge in [-0.1, -0.05) is 84.9 Å². The SMILES string of the molecule is OC[C@H](Cc1ccccc1)NC1=C(C2=N[C@@H](Cc3ccccc3)CO2)c2ccccc2C1. The number of nitrogens with zero attached hydrogens (tertiary/aromatic N) is 1. The molecule has 4 nitrogen and oxygen atoms in total. The lowest BCUT2D eigenvalue weighted by atomic mass is 10.0. The molecule has 4 heteroatoms. The lowest BCUT2D eigenvalue weighted by Crippen LogP contribution is -2.34. The summed E-state index contributed by atoms with van der Waals surface area (Å²) >= 11 is 0. The average molecular weight is 425 g/mol. The quantitative estimate of drug-likeness (QED) is 0.570. The Hall–Kier alpha value is -3.37. The number of fused-ring (bicyclic) bond motifs is 1. The topological polar surface area (TPSA) is 53.8 Å². The summed E-state index contributed by atoms with van der Waals surface area (Å²) in [6.07, 6.45) is 2.42. The molecule has 0 saturated carbocycles. The van der Waals surface area contributed by atoms with E-state index in [9.17, 15) is 5.11 Å². The highest BCUT2D eigenvalue weighted by Crippen LogP contribution is 2.35. The van der Waals surface area contributed by atoms with Gasteiger partial charge in [0, 0.05) is 12.1 Å². The number of hydrogen-bond donors (Lipinski definition) is 2. The molecule has 1 aliphatic carbocycles. The van der Waals surface area contributed by atoms with Crippen LogP contribution in [0, 0.1) is 0 Å². The van der Waals surface area contributed by atoms with Gasteiger partial charge in [0.2, 0.25) is 5.90 Å². The van der Waals surface area contributed by atoms with E-state index in [1.54, 1.807) is 0 Å². The third-order valence-electron chi connectivity index (χ3n) is 6.12. The molecule has 0 bridgehead atoms. The molecule has 0 spiro atoms. The van der Waals surface area contributed by atoms with Crippen LogP contribution >= 0.6 is 0 Å². The van der Waals surface area contributed by atoms with Crippen LogP contribution in [-0.2, 0) is 24.0 Å². The summed E-state index contributed by atoms with van der Waals surface area (Å²) in [6.45, 7) is 0.655. The zero-order valence-corrected chi connectivity index (χ0v) is 18.1. The number of benzene rings is 3. The molecule has 5 rings (SSSR count). The van der Waals surface area contributed by atoms with E-state index in [1.165, 1.54) is 22.3 Å². The second-order valence-electron chi connectivity index (χ2n) is 8.49. The van der Waals surface area contributed by atoms with Crippen molar-refractivity contribution in [1.29, 1.82) is 0 Å². The summed E-state index contributed by atoms with van der Waals surface area (Å²) in [4.78, 5) is 4.97. The van der Waals surface area contributed by atoms with Crippen LogP contribution in [0.4, 0.5) is 0 Å². The lowest BCUT2D eigenvalue weighted by Gasteiger charge is -2.20. The fourth-order valence-electron chi connectivity index (χ4n) is 4.58. The van der Waals surface area contributed by atoms with Crippen molar-refractivity contribution in [3.8, 4) is 0 Å². The van der Waals surface area contributed by atoms with Gasteiger partial charge in [-0.25, -0.2) is 4.99 Å². The molecular weight excluding hydrogens is 396 g/mol. The second-order valence-corrected chi connectivity index (χ2v) is 8.49. The van der Waals surface area contributed by atoms with Crippen LogP contribution in [0.3, 0.4) is 0 Å². The highest BCUT2D eigenvalue weighted by Gasteiger charge is 2.31. The first-order valence-electron chi connectivity index (χ1n) is 11.3. The first-order chi connectivity index (χ1) is 15.8. The second kappa shape index (κ2) is 9.41. The number of aliphatic hydroxyl groups is 1. The largest absolute Gasteiger partial charge is 0.475 e. The van der Waals surface area contributed by atoms with Crippen LogP contribution in [0.1, 0.15) is 22.3 Å². The first kappa shape index (κ1) is 20.5. The molecule has 0 saturated heterocycles. The minimum Gasteiger partial charge on any atom is -0.475 e. The first-order valence-corrected chi connectivity index (χ1v) is 11.3. The molecular formula is C28H28N2O2. The Morgan fingerprint density at radius 3 is 2.34 bits per heavy atom. The highest BCUT2D eigenvalue weighted by atomic mass is 16.5. The van der Waals surface area contributed by atoms with Gasteiger partial charge >= 0.3 is 0 Å². The molecule has 3 aromatic rings. The predicted molar refractivity (Wildman–Crippen MR) is 129 cm³/mol. The molecule has 0 fully saturated rings. The smallest absolute Gasteiger partial charge is 0.218 e. The van der Waals surface area contributed by atoms with E-state index in [0.29, 0.717) is 6.61 Å². The Morgan fingerprint density at radius 1 is 0.906 bits per heavy atom. The van der Waals surface area contributed by atoms with Crippen LogP contribution < -0.4 is 5.32 Å². The van der Waals surface area contributed by atoms with Gasteiger partial charge in [-0.2, -0.15) is 0 Å². The minimum atomic E-state index is -0.0705. The van der Waals surface area contributed by atoms with Crippen molar-refractivity contribution in [1.82, 2.24) is 5.32 Å². The molecule has 2 atom stereocenters. The zero-order chi connectivity index (χ0) is 21.8. The Kier molecular flexibility index (Phi) is 6.04. The molecule has 3 aromatic carbocycles. The molecule has 1 heterocycles. The van der Waals surface area contributed by atoms with E-state index in [0.717, 1.165) is 36.4 Å². The summed E-state index contributed by atoms with van der Waals surface area (Å²) in [7, 11) is 0. The summed E-state index contributed by atoms with van der Waals surface area (Å²) in [5.74, 6) is 0.717. The molecule has 0 amide bonds. The predicted octanol–water partition coefficient (Wildman–Crippen LogP) is 4.19. The van der Waals surface area contributed by atoms with Crippen molar-refractivity contribution in [2.45, 2.75) is 31.3 Å². The summed E-state index contributed by atoms with van der Waals surface area (Å²) in [6, 6.07) is 29.2. The van der Waals surface area contributed by atoms with Gasteiger partial charge < -0.3 is 15.2 Å². The summed E-state index contributed by atoms with van der Waals surface area (Å²) in [5, 5.41) is 13.7. The molecule has 0 unspecified atom stereocenters. The molecule has 1 aliphatic heterocycles. The third kappa shape index (κ3) is 4.46. The van der Waals surface area contributed by atoms with Crippen LogP contribution in [0.5, 0.6) is 0 Å². The van der Waals surface area contributed by atoms with E-state index in [1.807, 2.05) is 24.3 Å². The Morgan fingerprint density at radius 2 is 1.59 bits per heavy atom. The standard InChI is InChI=1S/C28H28N2O2/c31-18-23(15-20-9-3-1-4-10-20)29-26-17-22-13-7-8-14-25(22)27(26)28-30-24(19-32-28)16-21-11-5-2-6-12-21/h1-14,23-24,29,31H,15-19H2/t23-,24-/m0/s1. The van der Waals surface area contributed by atoms with Crippen LogP contribution in [-0.4, -0.2) is 36.3 Å². The number of nitrogens with one attached hydrogen (secondary N) is 1. The van der Waals surface area contributed by atoms with Crippen molar-refractivity contribution in [2.24, 2.45) is 4.99 Å². The number of aliphatic imine (C=N–C) groups is 1. The summed E-state index contributed by atoms with van der Waals surface area (Å²) in [5.41, 5.74) is 7.04. The molecule has 0 radical (unpaired) electrons. The van der Waals surface area contributed by atoms with Crippen LogP contribution in [0.15, 0.2) is 95.6 Å². The van der Waals surface area contributed by atoms with Gasteiger partial charge in [-0.15, -0.1) is 0 Å². The molecule has 0 aromatic heterocycles. The van der Waals surface area contributed by atoms with E-state index in [-0.39, 0.29) is 18.7 Å². The van der Waals surface area contributed by atoms with Gasteiger partial charge in [0.05, 0.1) is 24.3 Å². The van der Waals surface area contributed by atoms with Gasteiger partial charge in [0.1, 0.15) is 6.61 Å². The van der Waals surface area contributed by atoms with Gasteiger partial charge in [-0.3, -0.25) is 0 Å². The van der Waals surface area contributed by atoms with Gasteiger partial charge in [0.15, 0.2) is 0 Å². The maximum Gasteiger partial charge on any atom is 0.218 e. The lowest BCUT2D eigenvalue weighted by molar-refractivity contribution is 0.249. The average Bonchev–Trinajstić information content (AvgIpc) is 3.43. The minimum absolute atomic E-state index is 0.0615. The van der Waals surface area contributed by atoms with Crippen molar-refractivity contribution in [2.75, 3.05) is 13.2 Å². The van der Waals surface area contributed by atoms with E-state index in [4.69, 9.17) is 9.73 Å². The number of rotatable bonds is 8. The van der Waals surface area contributed by atoms with Crippen molar-refractivity contribution in [3.05, 3.63) is 113 Å². The number of ether oxygens (including phenoxy) is 1. The van der Waals surface area contributed by atoms with E-state index in [2.05, 4.69) is 66.0 Å². The Balaban J connectivity index is 1.41. The number of hydrogen-bond acceptors (Lipinski definition) is 4. The Bertz CT molecular complexity index is 1120. The van der Waals surface area contributed by atoms with Crippen LogP contribution in [0.25, 0.3) is 5.57 Å². The van der Waals surface area contributed by atoms with Crippen molar-refractivity contribution >= 4 is 11.5 Å². The Labute approximate surface area is 189 Å². The normalized spacial score (nSPS) is 18.2. The fourth-order valence-corrected chi connectivity index (χ4v) is 4.58. The molecule has 2 aliphatic rings. The van der Waals surface area contributed by atoms with Gasteiger partial charge in [0.25, 0.3) is 0 Å². The fraction of sp³-hybridized carbons (Fsp3) is 0.250. The van der Waals surface area contributed by atoms with Crippen molar-refractivity contribution < 1.29 is 9.84 Å². The highest BCUT2D eigenvalue weighted by molar-refractivity contribution is 6.22. The maximum absolute atomic E-state index is 10.1. The monoisotopic (exact) mass is 424 g/mol. The van der Waals surface area contributed by atoms with E-state index < -0.39 is 0 Å². The van der Waals surface area contributed by atoms with E-state index >= 15 is 0 Å². The molecule has 162 valence electrons. The number of allylic oxidation sites excluding steroid dienone is 1. The summed E-state index contributed by atoms with van der Waals surface area (Å²) < 4.78 is 6.13. The van der Waals surface area contributed by atoms with Crippen molar-refractivity contribution in [3.63, 3.8) is 0 Å².